The lowest BCUT2D eigenvalue weighted by molar-refractivity contribution is -0.384. The van der Waals surface area contributed by atoms with Gasteiger partial charge in [-0.15, -0.1) is 0 Å². The van der Waals surface area contributed by atoms with Crippen molar-refractivity contribution < 1.29 is 9.31 Å². The van der Waals surface area contributed by atoms with Gasteiger partial charge in [-0.2, -0.15) is 5.10 Å². The highest BCUT2D eigenvalue weighted by Gasteiger charge is 2.22. The van der Waals surface area contributed by atoms with Gasteiger partial charge in [-0.25, -0.2) is 9.07 Å². The van der Waals surface area contributed by atoms with E-state index in [4.69, 9.17) is 0 Å². The molecule has 5 nitrogen and oxygen atoms in total. The molecule has 0 aliphatic carbocycles. The molecule has 0 aliphatic rings. The van der Waals surface area contributed by atoms with Crippen molar-refractivity contribution in [3.05, 3.63) is 48.4 Å². The largest absolute Gasteiger partial charge is 0.296 e. The van der Waals surface area contributed by atoms with Gasteiger partial charge in [-0.1, -0.05) is 0 Å². The van der Waals surface area contributed by atoms with Gasteiger partial charge in [0.25, 0.3) is 5.69 Å². The third-order valence-electron chi connectivity index (χ3n) is 2.65. The Bertz CT molecular complexity index is 685. The summed E-state index contributed by atoms with van der Waals surface area (Å²) in [5.74, 6) is -0.579. The molecule has 0 amide bonds. The van der Waals surface area contributed by atoms with Gasteiger partial charge in [-0.3, -0.25) is 10.1 Å². The highest BCUT2D eigenvalue weighted by molar-refractivity contribution is 9.10. The maximum atomic E-state index is 13.6. The van der Waals surface area contributed by atoms with Gasteiger partial charge in [0.05, 0.1) is 25.3 Å². The molecule has 0 saturated carbocycles. The van der Waals surface area contributed by atoms with Crippen LogP contribution in [0.1, 0.15) is 11.4 Å². The number of halogens is 3. The predicted octanol–water partition coefficient (Wildman–Crippen LogP) is 4.06. The molecule has 1 aromatic heterocycles. The first-order chi connectivity index (χ1) is 8.82. The van der Waals surface area contributed by atoms with Crippen LogP contribution in [0.3, 0.4) is 0 Å². The Kier molecular flexibility index (Phi) is 3.73. The first-order valence-corrected chi connectivity index (χ1v) is 6.77. The molecule has 0 bridgehead atoms. The summed E-state index contributed by atoms with van der Waals surface area (Å²) in [6, 6.07) is 2.23. The smallest absolute Gasteiger partial charge is 0.258 e. The summed E-state index contributed by atoms with van der Waals surface area (Å²) in [5, 5.41) is 15.2. The van der Waals surface area contributed by atoms with Crippen molar-refractivity contribution in [2.24, 2.45) is 0 Å². The molecule has 0 atom stereocenters. The molecule has 0 fully saturated rings. The number of aryl methyl sites for hydroxylation is 1. The quantitative estimate of drug-likeness (QED) is 0.571. The highest BCUT2D eigenvalue weighted by Crippen LogP contribution is 2.32. The second-order valence-corrected chi connectivity index (χ2v) is 5.56. The molecule has 0 radical (unpaired) electrons. The molecular weight excluding hydrogens is 385 g/mol. The van der Waals surface area contributed by atoms with Gasteiger partial charge in [0.2, 0.25) is 0 Å². The lowest BCUT2D eigenvalue weighted by Gasteiger charge is -2.06. The minimum atomic E-state index is -0.579. The van der Waals surface area contributed by atoms with E-state index in [0.717, 1.165) is 16.6 Å². The molecule has 2 rings (SSSR count). The summed E-state index contributed by atoms with van der Waals surface area (Å²) in [6.07, 6.45) is 0. The number of benzene rings is 1. The van der Waals surface area contributed by atoms with Crippen LogP contribution in [0.15, 0.2) is 21.1 Å². The number of nitrogens with zero attached hydrogens (tertiary/aromatic N) is 3. The van der Waals surface area contributed by atoms with Crippen LogP contribution < -0.4 is 0 Å². The molecule has 1 heterocycles. The fourth-order valence-electron chi connectivity index (χ4n) is 1.70. The van der Waals surface area contributed by atoms with Crippen LogP contribution in [0.2, 0.25) is 0 Å². The number of nitro groups is 1. The minimum Gasteiger partial charge on any atom is -0.258 e. The van der Waals surface area contributed by atoms with E-state index in [9.17, 15) is 14.5 Å². The molecule has 100 valence electrons. The molecule has 2 aromatic rings. The maximum absolute atomic E-state index is 13.6. The second-order valence-electron chi connectivity index (χ2n) is 3.91. The molecule has 0 N–H and O–H groups in total. The molecule has 19 heavy (non-hydrogen) atoms. The zero-order valence-electron chi connectivity index (χ0n) is 9.95. The second kappa shape index (κ2) is 5.01. The summed E-state index contributed by atoms with van der Waals surface area (Å²) >= 11 is 6.28. The van der Waals surface area contributed by atoms with Gasteiger partial charge < -0.3 is 0 Å². The number of aromatic nitrogens is 2. The first-order valence-electron chi connectivity index (χ1n) is 5.18. The monoisotopic (exact) mass is 391 g/mol. The van der Waals surface area contributed by atoms with E-state index in [-0.39, 0.29) is 15.8 Å². The van der Waals surface area contributed by atoms with Crippen LogP contribution in [-0.2, 0) is 0 Å². The van der Waals surface area contributed by atoms with Crippen LogP contribution in [0.4, 0.5) is 10.1 Å². The van der Waals surface area contributed by atoms with Gasteiger partial charge in [-0.05, 0) is 45.7 Å². The fraction of sp³-hybridized carbons (Fsp3) is 0.182. The minimum absolute atomic E-state index is 0.0450. The third kappa shape index (κ3) is 2.42. The Balaban J connectivity index is 2.77. The van der Waals surface area contributed by atoms with E-state index < -0.39 is 10.7 Å². The highest BCUT2D eigenvalue weighted by atomic mass is 79.9. The van der Waals surface area contributed by atoms with Crippen molar-refractivity contribution in [2.45, 2.75) is 13.8 Å². The predicted molar refractivity (Wildman–Crippen MR) is 75.1 cm³/mol. The number of hydrogen-bond donors (Lipinski definition) is 0. The normalized spacial score (nSPS) is 10.8. The summed E-state index contributed by atoms with van der Waals surface area (Å²) in [5.41, 5.74) is 1.22. The number of rotatable bonds is 2. The number of nitro benzene ring substituents is 1. The molecular formula is C11H8Br2FN3O2. The fourth-order valence-corrected chi connectivity index (χ4v) is 2.28. The summed E-state index contributed by atoms with van der Waals surface area (Å²) in [4.78, 5) is 10.5. The topological polar surface area (TPSA) is 61.0 Å². The molecule has 0 saturated heterocycles. The zero-order valence-corrected chi connectivity index (χ0v) is 13.1. The van der Waals surface area contributed by atoms with Crippen LogP contribution in [0.5, 0.6) is 0 Å². The van der Waals surface area contributed by atoms with E-state index in [1.165, 1.54) is 4.68 Å². The van der Waals surface area contributed by atoms with E-state index in [0.29, 0.717) is 11.4 Å². The van der Waals surface area contributed by atoms with E-state index in [2.05, 4.69) is 37.0 Å². The average Bonchev–Trinajstić information content (AvgIpc) is 2.59. The van der Waals surface area contributed by atoms with Gasteiger partial charge >= 0.3 is 0 Å². The standard InChI is InChI=1S/C11H8Br2FN3O2/c1-5-11(13)6(2)16(15-5)9-4-8(14)7(12)3-10(9)17(18)19/h3-4H,1-2H3. The number of hydrogen-bond acceptors (Lipinski definition) is 3. The van der Waals surface area contributed by atoms with Gasteiger partial charge in [0.15, 0.2) is 0 Å². The summed E-state index contributed by atoms with van der Waals surface area (Å²) in [6.45, 7) is 3.50. The summed E-state index contributed by atoms with van der Waals surface area (Å²) < 4.78 is 15.8. The van der Waals surface area contributed by atoms with Crippen molar-refractivity contribution >= 4 is 37.5 Å². The van der Waals surface area contributed by atoms with Crippen LogP contribution >= 0.6 is 31.9 Å². The Morgan fingerprint density at radius 1 is 1.37 bits per heavy atom. The Morgan fingerprint density at radius 3 is 2.47 bits per heavy atom. The average molecular weight is 393 g/mol. The molecule has 1 aromatic carbocycles. The van der Waals surface area contributed by atoms with E-state index >= 15 is 0 Å². The van der Waals surface area contributed by atoms with Gasteiger partial charge in [0, 0.05) is 12.1 Å². The Morgan fingerprint density at radius 2 is 2.00 bits per heavy atom. The summed E-state index contributed by atoms with van der Waals surface area (Å²) in [7, 11) is 0. The van der Waals surface area contributed by atoms with Crippen molar-refractivity contribution in [2.75, 3.05) is 0 Å². The zero-order chi connectivity index (χ0) is 14.3. The third-order valence-corrected chi connectivity index (χ3v) is 4.40. The molecule has 0 unspecified atom stereocenters. The Hall–Kier alpha value is -1.28. The first kappa shape index (κ1) is 14.1. The van der Waals surface area contributed by atoms with Crippen molar-refractivity contribution in [3.8, 4) is 5.69 Å². The van der Waals surface area contributed by atoms with Crippen molar-refractivity contribution in [3.63, 3.8) is 0 Å². The molecule has 8 heteroatoms. The van der Waals surface area contributed by atoms with Crippen LogP contribution in [-0.4, -0.2) is 14.7 Å². The van der Waals surface area contributed by atoms with Gasteiger partial charge in [0.1, 0.15) is 11.5 Å². The van der Waals surface area contributed by atoms with Crippen LogP contribution in [0.25, 0.3) is 5.69 Å². The van der Waals surface area contributed by atoms with E-state index in [1.807, 2.05) is 0 Å². The van der Waals surface area contributed by atoms with Crippen molar-refractivity contribution in [1.29, 1.82) is 0 Å². The molecule has 0 aliphatic heterocycles. The lowest BCUT2D eigenvalue weighted by Crippen LogP contribution is -2.04. The lowest BCUT2D eigenvalue weighted by atomic mass is 10.2. The maximum Gasteiger partial charge on any atom is 0.296 e. The van der Waals surface area contributed by atoms with Crippen LogP contribution in [0, 0.1) is 29.8 Å². The Labute approximate surface area is 124 Å². The SMILES string of the molecule is Cc1nn(-c2cc(F)c(Br)cc2[N+](=O)[O-])c(C)c1Br. The molecule has 0 spiro atoms. The van der Waals surface area contributed by atoms with E-state index in [1.54, 1.807) is 13.8 Å². The van der Waals surface area contributed by atoms with Crippen molar-refractivity contribution in [1.82, 2.24) is 9.78 Å².